The lowest BCUT2D eigenvalue weighted by Gasteiger charge is -2.12. The molecule has 0 spiro atoms. The summed E-state index contributed by atoms with van der Waals surface area (Å²) in [5, 5.41) is 0. The minimum atomic E-state index is 0.527. The molecule has 0 aliphatic carbocycles. The van der Waals surface area contributed by atoms with E-state index in [-0.39, 0.29) is 0 Å². The molecule has 1 heteroatoms. The minimum absolute atomic E-state index is 0.527. The summed E-state index contributed by atoms with van der Waals surface area (Å²) in [5.41, 5.74) is 3.84. The minimum Gasteiger partial charge on any atom is -0.292 e. The molecule has 0 amide bonds. The van der Waals surface area contributed by atoms with E-state index in [2.05, 4.69) is 49.7 Å². The molecule has 1 aromatic carbocycles. The predicted octanol–water partition coefficient (Wildman–Crippen LogP) is 4.66. The Morgan fingerprint density at radius 3 is 2.39 bits per heavy atom. The maximum atomic E-state index is 4.44. The molecule has 0 saturated carbocycles. The highest BCUT2D eigenvalue weighted by atomic mass is 14.7. The van der Waals surface area contributed by atoms with Crippen LogP contribution in [0.25, 0.3) is 0 Å². The summed E-state index contributed by atoms with van der Waals surface area (Å²) in [7, 11) is 1.88. The molecule has 98 valence electrons. The molecule has 1 atom stereocenters. The van der Waals surface area contributed by atoms with Gasteiger partial charge >= 0.3 is 0 Å². The number of rotatable bonds is 7. The number of benzene rings is 1. The molecule has 0 bridgehead atoms. The van der Waals surface area contributed by atoms with Gasteiger partial charge in [0, 0.05) is 12.8 Å². The molecular formula is C17H25N. The lowest BCUT2D eigenvalue weighted by Crippen LogP contribution is -2.07. The molecule has 0 aliphatic rings. The van der Waals surface area contributed by atoms with Gasteiger partial charge in [0.2, 0.25) is 0 Å². The fraction of sp³-hybridized carbons (Fsp3) is 0.471. The molecule has 0 saturated heterocycles. The Bertz CT molecular complexity index is 387. The summed E-state index contributed by atoms with van der Waals surface area (Å²) in [6.07, 6.45) is 6.50. The Hall–Kier alpha value is -1.37. The van der Waals surface area contributed by atoms with Gasteiger partial charge < -0.3 is 0 Å². The normalized spacial score (nSPS) is 13.4. The highest BCUT2D eigenvalue weighted by Gasteiger charge is 2.08. The Labute approximate surface area is 112 Å². The number of aliphatic imine (C=N–C) groups is 1. The van der Waals surface area contributed by atoms with Gasteiger partial charge in [-0.25, -0.2) is 0 Å². The third-order valence-corrected chi connectivity index (χ3v) is 3.41. The first-order valence-electron chi connectivity index (χ1n) is 6.92. The zero-order chi connectivity index (χ0) is 13.4. The van der Waals surface area contributed by atoms with Crippen molar-refractivity contribution in [1.29, 1.82) is 0 Å². The van der Waals surface area contributed by atoms with Gasteiger partial charge in [0.15, 0.2) is 0 Å². The zero-order valence-electron chi connectivity index (χ0n) is 11.9. The fourth-order valence-corrected chi connectivity index (χ4v) is 2.13. The molecule has 0 fully saturated rings. The average Bonchev–Trinajstić information content (AvgIpc) is 2.42. The van der Waals surface area contributed by atoms with Gasteiger partial charge in [0.25, 0.3) is 0 Å². The second kappa shape index (κ2) is 7.86. The Morgan fingerprint density at radius 1 is 1.28 bits per heavy atom. The van der Waals surface area contributed by atoms with Crippen molar-refractivity contribution in [3.63, 3.8) is 0 Å². The van der Waals surface area contributed by atoms with Crippen molar-refractivity contribution >= 4 is 5.71 Å². The van der Waals surface area contributed by atoms with Crippen molar-refractivity contribution in [2.45, 2.75) is 39.5 Å². The van der Waals surface area contributed by atoms with E-state index in [9.17, 15) is 0 Å². The highest BCUT2D eigenvalue weighted by Crippen LogP contribution is 2.16. The van der Waals surface area contributed by atoms with E-state index in [1.807, 2.05) is 13.1 Å². The van der Waals surface area contributed by atoms with Gasteiger partial charge in [-0.05, 0) is 36.3 Å². The summed E-state index contributed by atoms with van der Waals surface area (Å²) in [6, 6.07) is 8.84. The van der Waals surface area contributed by atoms with Crippen molar-refractivity contribution in [1.82, 2.24) is 0 Å². The number of aryl methyl sites for hydroxylation is 1. The molecular weight excluding hydrogens is 218 g/mol. The maximum Gasteiger partial charge on any atom is 0.0422 e. The van der Waals surface area contributed by atoms with Gasteiger partial charge in [-0.3, -0.25) is 4.99 Å². The van der Waals surface area contributed by atoms with Crippen LogP contribution in [0, 0.1) is 5.92 Å². The van der Waals surface area contributed by atoms with Crippen LogP contribution in [0.2, 0.25) is 0 Å². The van der Waals surface area contributed by atoms with Gasteiger partial charge in [0.05, 0.1) is 0 Å². The van der Waals surface area contributed by atoms with Crippen LogP contribution in [-0.2, 0) is 6.42 Å². The number of nitrogens with zero attached hydrogens (tertiary/aromatic N) is 1. The summed E-state index contributed by atoms with van der Waals surface area (Å²) in [4.78, 5) is 4.44. The van der Waals surface area contributed by atoms with E-state index in [1.165, 1.54) is 23.3 Å². The van der Waals surface area contributed by atoms with Gasteiger partial charge in [-0.1, -0.05) is 50.6 Å². The van der Waals surface area contributed by atoms with Gasteiger partial charge in [0.1, 0.15) is 0 Å². The lowest BCUT2D eigenvalue weighted by molar-refractivity contribution is 0.656. The molecule has 1 rings (SSSR count). The topological polar surface area (TPSA) is 12.4 Å². The standard InChI is InChI=1S/C17H25N/c1-5-8-15-9-11-16(12-10-15)17(18-4)13-14(6-2)7-3/h6,9-12,14H,2,5,7-8,13H2,1,3-4H3/b18-17+. The van der Waals surface area contributed by atoms with Crippen molar-refractivity contribution < 1.29 is 0 Å². The van der Waals surface area contributed by atoms with Crippen LogP contribution >= 0.6 is 0 Å². The fourth-order valence-electron chi connectivity index (χ4n) is 2.13. The first-order valence-corrected chi connectivity index (χ1v) is 6.92. The second-order valence-electron chi connectivity index (χ2n) is 4.73. The lowest BCUT2D eigenvalue weighted by atomic mass is 9.94. The Balaban J connectivity index is 2.79. The largest absolute Gasteiger partial charge is 0.292 e. The summed E-state index contributed by atoms with van der Waals surface area (Å²) < 4.78 is 0. The Kier molecular flexibility index (Phi) is 6.42. The first-order chi connectivity index (χ1) is 8.74. The van der Waals surface area contributed by atoms with Crippen molar-refractivity contribution in [2.24, 2.45) is 10.9 Å². The van der Waals surface area contributed by atoms with E-state index in [0.717, 1.165) is 19.3 Å². The van der Waals surface area contributed by atoms with Crippen LogP contribution < -0.4 is 0 Å². The van der Waals surface area contributed by atoms with Crippen LogP contribution in [0.3, 0.4) is 0 Å². The molecule has 0 aliphatic heterocycles. The number of allylic oxidation sites excluding steroid dienone is 1. The van der Waals surface area contributed by atoms with E-state index in [0.29, 0.717) is 5.92 Å². The molecule has 0 aromatic heterocycles. The monoisotopic (exact) mass is 243 g/mol. The van der Waals surface area contributed by atoms with Crippen LogP contribution in [0.4, 0.5) is 0 Å². The van der Waals surface area contributed by atoms with E-state index in [4.69, 9.17) is 0 Å². The average molecular weight is 243 g/mol. The third-order valence-electron chi connectivity index (χ3n) is 3.41. The SMILES string of the molecule is C=CC(CC)C/C(=N\C)c1ccc(CCC)cc1. The van der Waals surface area contributed by atoms with Crippen LogP contribution in [0.1, 0.15) is 44.2 Å². The third kappa shape index (κ3) is 4.14. The molecule has 1 nitrogen and oxygen atoms in total. The van der Waals surface area contributed by atoms with Crippen LogP contribution in [-0.4, -0.2) is 12.8 Å². The second-order valence-corrected chi connectivity index (χ2v) is 4.73. The molecule has 0 N–H and O–H groups in total. The summed E-state index contributed by atoms with van der Waals surface area (Å²) in [6.45, 7) is 8.31. The molecule has 18 heavy (non-hydrogen) atoms. The van der Waals surface area contributed by atoms with Crippen molar-refractivity contribution in [3.8, 4) is 0 Å². The highest BCUT2D eigenvalue weighted by molar-refractivity contribution is 6.00. The Morgan fingerprint density at radius 2 is 1.94 bits per heavy atom. The van der Waals surface area contributed by atoms with E-state index < -0.39 is 0 Å². The predicted molar refractivity (Wildman–Crippen MR) is 81.5 cm³/mol. The van der Waals surface area contributed by atoms with E-state index in [1.54, 1.807) is 0 Å². The molecule has 1 aromatic rings. The van der Waals surface area contributed by atoms with Crippen LogP contribution in [0.15, 0.2) is 41.9 Å². The number of hydrogen-bond donors (Lipinski definition) is 0. The van der Waals surface area contributed by atoms with Gasteiger partial charge in [-0.2, -0.15) is 0 Å². The van der Waals surface area contributed by atoms with Crippen molar-refractivity contribution in [3.05, 3.63) is 48.0 Å². The maximum absolute atomic E-state index is 4.44. The zero-order valence-corrected chi connectivity index (χ0v) is 11.9. The summed E-state index contributed by atoms with van der Waals surface area (Å²) >= 11 is 0. The molecule has 1 unspecified atom stereocenters. The van der Waals surface area contributed by atoms with Gasteiger partial charge in [-0.15, -0.1) is 6.58 Å². The molecule has 0 radical (unpaired) electrons. The van der Waals surface area contributed by atoms with E-state index >= 15 is 0 Å². The molecule has 0 heterocycles. The smallest absolute Gasteiger partial charge is 0.0422 e. The van der Waals surface area contributed by atoms with Crippen LogP contribution in [0.5, 0.6) is 0 Å². The summed E-state index contributed by atoms with van der Waals surface area (Å²) in [5.74, 6) is 0.527. The number of hydrogen-bond acceptors (Lipinski definition) is 1. The first kappa shape index (κ1) is 14.7. The van der Waals surface area contributed by atoms with Crippen molar-refractivity contribution in [2.75, 3.05) is 7.05 Å². The quantitative estimate of drug-likeness (QED) is 0.488.